The van der Waals surface area contributed by atoms with Crippen molar-refractivity contribution in [1.29, 1.82) is 0 Å². The normalized spacial score (nSPS) is 12.8. The molecule has 0 aliphatic heterocycles. The summed E-state index contributed by atoms with van der Waals surface area (Å²) in [5.74, 6) is -1.68. The number of amides is 2. The highest BCUT2D eigenvalue weighted by Gasteiger charge is 2.56. The largest absolute Gasteiger partial charge is 0.550 e. The molecule has 3 N–H and O–H groups in total. The number of fused-ring (bicyclic) bond motifs is 1. The van der Waals surface area contributed by atoms with Crippen molar-refractivity contribution in [2.24, 2.45) is 5.41 Å². The Morgan fingerprint density at radius 1 is 0.865 bits per heavy atom. The Bertz CT molecular complexity index is 1840. The number of carbonyl (C=O) groups excluding carboxylic acids is 3. The van der Waals surface area contributed by atoms with Gasteiger partial charge in [0.25, 0.3) is 0 Å². The monoisotopic (exact) mass is 736 g/mol. The average molecular weight is 737 g/mol. The molecule has 4 aromatic rings. The fourth-order valence-electron chi connectivity index (χ4n) is 5.50. The van der Waals surface area contributed by atoms with Gasteiger partial charge >= 0.3 is 0 Å². The lowest BCUT2D eigenvalue weighted by Gasteiger charge is -2.16. The number of carboxylic acid groups (broad SMARTS) is 1. The summed E-state index contributed by atoms with van der Waals surface area (Å²) in [7, 11) is 1.49. The average Bonchev–Trinajstić information content (AvgIpc) is 3.94. The van der Waals surface area contributed by atoms with Gasteiger partial charge in [0.2, 0.25) is 11.8 Å². The maximum atomic E-state index is 15.2. The van der Waals surface area contributed by atoms with Crippen LogP contribution in [0.15, 0.2) is 66.9 Å². The molecule has 2 amide bonds. The van der Waals surface area contributed by atoms with E-state index in [2.05, 4.69) is 36.4 Å². The van der Waals surface area contributed by atoms with Gasteiger partial charge in [0, 0.05) is 46.1 Å². The predicted molar refractivity (Wildman–Crippen MR) is 197 cm³/mol. The van der Waals surface area contributed by atoms with E-state index in [0.717, 1.165) is 6.07 Å². The molecule has 0 saturated heterocycles. The minimum Gasteiger partial charge on any atom is -0.550 e. The molecular formula is C39H46ClFN4O7. The second-order valence-electron chi connectivity index (χ2n) is 12.4. The first-order valence-electron chi connectivity index (χ1n) is 17.5. The van der Waals surface area contributed by atoms with Crippen LogP contribution < -0.4 is 34.9 Å². The molecule has 1 aliphatic rings. The van der Waals surface area contributed by atoms with Gasteiger partial charge in [-0.15, -0.1) is 0 Å². The topological polar surface area (TPSA) is 143 Å². The van der Waals surface area contributed by atoms with Crippen molar-refractivity contribution in [3.63, 3.8) is 0 Å². The minimum atomic E-state index is -1.25. The predicted octanol–water partition coefficient (Wildman–Crippen LogP) is 5.81. The molecule has 5 rings (SSSR count). The molecule has 13 heteroatoms. The quantitative estimate of drug-likeness (QED) is 0.0912. The molecule has 1 heterocycles. The van der Waals surface area contributed by atoms with Gasteiger partial charge in [0.05, 0.1) is 38.9 Å². The number of unbranched alkanes of at least 4 members (excludes halogenated alkanes) is 2. The summed E-state index contributed by atoms with van der Waals surface area (Å²) in [5, 5.41) is 16.9. The zero-order valence-corrected chi connectivity index (χ0v) is 30.7. The van der Waals surface area contributed by atoms with Gasteiger partial charge in [0.1, 0.15) is 11.2 Å². The number of pyridine rings is 1. The molecule has 0 unspecified atom stereocenters. The highest BCUT2D eigenvalue weighted by Crippen LogP contribution is 2.48. The smallest absolute Gasteiger partial charge is 0.240 e. The third-order valence-corrected chi connectivity index (χ3v) is 9.12. The molecule has 52 heavy (non-hydrogen) atoms. The third-order valence-electron chi connectivity index (χ3n) is 8.88. The number of anilines is 2. The molecule has 0 spiro atoms. The molecule has 1 aliphatic carbocycles. The van der Waals surface area contributed by atoms with E-state index in [0.29, 0.717) is 77.6 Å². The fourth-order valence-corrected chi connectivity index (χ4v) is 5.69. The van der Waals surface area contributed by atoms with E-state index >= 15 is 4.39 Å². The van der Waals surface area contributed by atoms with Crippen LogP contribution in [0.4, 0.5) is 15.8 Å². The summed E-state index contributed by atoms with van der Waals surface area (Å²) in [5.41, 5.74) is -0.0687. The number of nitrogens with zero attached hydrogens (tertiary/aromatic N) is 1. The molecule has 3 aromatic carbocycles. The summed E-state index contributed by atoms with van der Waals surface area (Å²) in [6.45, 7) is 10.8. The number of nitrogens with one attached hydrogen (secondary N) is 3. The van der Waals surface area contributed by atoms with E-state index < -0.39 is 29.0 Å². The van der Waals surface area contributed by atoms with Gasteiger partial charge in [0.15, 0.2) is 23.1 Å². The van der Waals surface area contributed by atoms with Crippen LogP contribution >= 0.6 is 11.6 Å². The molecule has 11 nitrogen and oxygen atoms in total. The van der Waals surface area contributed by atoms with Crippen molar-refractivity contribution in [2.75, 3.05) is 44.0 Å². The Morgan fingerprint density at radius 2 is 1.56 bits per heavy atom. The number of benzene rings is 3. The van der Waals surface area contributed by atoms with Crippen LogP contribution in [0.25, 0.3) is 10.9 Å². The lowest BCUT2D eigenvalue weighted by Crippen LogP contribution is -3.11. The zero-order valence-electron chi connectivity index (χ0n) is 30.0. The summed E-state index contributed by atoms with van der Waals surface area (Å²) >= 11 is 5.99. The summed E-state index contributed by atoms with van der Waals surface area (Å²) in [6.07, 6.45) is 4.09. The molecule has 1 fully saturated rings. The number of quaternary nitrogens is 1. The molecule has 0 radical (unpaired) electrons. The number of hydrogen-bond acceptors (Lipinski definition) is 8. The number of methoxy groups -OCH3 is 1. The molecule has 278 valence electrons. The lowest BCUT2D eigenvalue weighted by atomic mass is 10.0. The Morgan fingerprint density at radius 3 is 2.13 bits per heavy atom. The van der Waals surface area contributed by atoms with Gasteiger partial charge < -0.3 is 39.6 Å². The molecule has 0 atom stereocenters. The number of aromatic nitrogens is 1. The fraction of sp³-hybridized carbons (Fsp3) is 0.385. The van der Waals surface area contributed by atoms with E-state index in [9.17, 15) is 19.5 Å². The second kappa shape index (κ2) is 19.1. The van der Waals surface area contributed by atoms with Crippen LogP contribution in [0.2, 0.25) is 5.02 Å². The lowest BCUT2D eigenvalue weighted by molar-refractivity contribution is -0.894. The molecular weight excluding hydrogens is 691 g/mol. The van der Waals surface area contributed by atoms with E-state index in [1.165, 1.54) is 45.1 Å². The highest BCUT2D eigenvalue weighted by molar-refractivity contribution is 6.31. The summed E-state index contributed by atoms with van der Waals surface area (Å²) < 4.78 is 32.4. The summed E-state index contributed by atoms with van der Waals surface area (Å²) in [6, 6.07) is 15.6. The Balaban J connectivity index is 0.000000785. The molecule has 0 bridgehead atoms. The summed E-state index contributed by atoms with van der Waals surface area (Å²) in [4.78, 5) is 42.6. The number of carbonyl (C=O) groups is 3. The van der Waals surface area contributed by atoms with Gasteiger partial charge in [-0.2, -0.15) is 0 Å². The maximum absolute atomic E-state index is 15.2. The van der Waals surface area contributed by atoms with E-state index in [-0.39, 0.29) is 17.9 Å². The van der Waals surface area contributed by atoms with Crippen molar-refractivity contribution in [3.05, 3.63) is 77.7 Å². The maximum Gasteiger partial charge on any atom is 0.240 e. The van der Waals surface area contributed by atoms with Crippen molar-refractivity contribution in [3.8, 4) is 23.0 Å². The highest BCUT2D eigenvalue weighted by atomic mass is 35.5. The number of ether oxygens (including phenoxy) is 3. The third kappa shape index (κ3) is 10.8. The van der Waals surface area contributed by atoms with Crippen molar-refractivity contribution in [2.45, 2.75) is 59.3 Å². The van der Waals surface area contributed by atoms with Crippen LogP contribution in [0, 0.1) is 11.2 Å². The van der Waals surface area contributed by atoms with Crippen molar-refractivity contribution < 1.29 is 43.0 Å². The zero-order chi connectivity index (χ0) is 37.7. The number of halogens is 2. The molecule has 1 saturated carbocycles. The Kier molecular flexibility index (Phi) is 14.6. The van der Waals surface area contributed by atoms with Crippen LogP contribution in [0.3, 0.4) is 0 Å². The van der Waals surface area contributed by atoms with Crippen LogP contribution in [0.5, 0.6) is 23.0 Å². The number of rotatable bonds is 17. The first-order valence-corrected chi connectivity index (χ1v) is 17.9. The minimum absolute atomic E-state index is 0.00886. The van der Waals surface area contributed by atoms with Crippen molar-refractivity contribution in [1.82, 2.24) is 4.98 Å². The van der Waals surface area contributed by atoms with Crippen molar-refractivity contribution >= 4 is 51.7 Å². The van der Waals surface area contributed by atoms with E-state index in [1.54, 1.807) is 47.4 Å². The van der Waals surface area contributed by atoms with E-state index in [4.69, 9.17) is 25.8 Å². The standard InChI is InChI=1S/C33H31ClFN3O7.C6H15N/c1-43-28-18-23-25(19-29(28)44-15-4-2-3-8-30(39)40)36-14-11-26(23)45-27-10-9-22(17-24(27)35)38-32(42)33(12-13-33)31(41)37-21-7-5-6-20(34)16-21;1-4-7(5-2)6-3/h5-7,9-11,14,16-19H,2-4,8,12-13,15H2,1H3,(H,37,41)(H,38,42)(H,39,40);4-6H2,1-3H3. The first kappa shape index (κ1) is 39.8. The molecule has 1 aromatic heterocycles. The first-order chi connectivity index (χ1) is 25.0. The number of carboxylic acids is 1. The van der Waals surface area contributed by atoms with E-state index in [1.807, 2.05) is 0 Å². The van der Waals surface area contributed by atoms with Gasteiger partial charge in [-0.05, 0) is 102 Å². The number of hydrogen-bond donors (Lipinski definition) is 3. The van der Waals surface area contributed by atoms with Gasteiger partial charge in [-0.25, -0.2) is 4.39 Å². The van der Waals surface area contributed by atoms with Gasteiger partial charge in [-0.1, -0.05) is 17.7 Å². The Labute approximate surface area is 308 Å². The van der Waals surface area contributed by atoms with Crippen LogP contribution in [-0.2, 0) is 14.4 Å². The number of aliphatic carboxylic acids is 1. The van der Waals surface area contributed by atoms with Gasteiger partial charge in [-0.3, -0.25) is 14.6 Å². The SMILES string of the molecule is CC[NH+](CC)CC.COc1cc2c(Oc3ccc(NC(=O)C4(C(=O)Nc5cccc(Cl)c5)CC4)cc3F)ccnc2cc1OCCCCCC(=O)[O-]. The van der Waals surface area contributed by atoms with Crippen LogP contribution in [-0.4, -0.2) is 56.1 Å². The Hall–Kier alpha value is -4.94. The second-order valence-corrected chi connectivity index (χ2v) is 12.9. The van der Waals surface area contributed by atoms with Crippen LogP contribution in [0.1, 0.15) is 59.3 Å².